The summed E-state index contributed by atoms with van der Waals surface area (Å²) in [5.74, 6) is -0.0873. The maximum absolute atomic E-state index is 12.6. The van der Waals surface area contributed by atoms with E-state index in [4.69, 9.17) is 11.6 Å². The van der Waals surface area contributed by atoms with Crippen molar-refractivity contribution in [3.8, 4) is 0 Å². The highest BCUT2D eigenvalue weighted by Gasteiger charge is 2.29. The normalized spacial score (nSPS) is 16.7. The quantitative estimate of drug-likeness (QED) is 0.853. The number of hydrogen-bond acceptors (Lipinski definition) is 3. The van der Waals surface area contributed by atoms with E-state index in [9.17, 15) is 9.59 Å². The highest BCUT2D eigenvalue weighted by molar-refractivity contribution is 6.31. The molecule has 3 amide bonds. The summed E-state index contributed by atoms with van der Waals surface area (Å²) in [5, 5.41) is 3.66. The Morgan fingerprint density at radius 1 is 1.39 bits per heavy atom. The van der Waals surface area contributed by atoms with Gasteiger partial charge in [-0.3, -0.25) is 4.79 Å². The number of aromatic nitrogens is 2. The zero-order valence-electron chi connectivity index (χ0n) is 16.5. The molecule has 2 heterocycles. The second kappa shape index (κ2) is 8.65. The molecule has 0 saturated carbocycles. The molecule has 0 radical (unpaired) electrons. The van der Waals surface area contributed by atoms with E-state index in [2.05, 4.69) is 10.3 Å². The van der Waals surface area contributed by atoms with Gasteiger partial charge in [0.15, 0.2) is 0 Å². The van der Waals surface area contributed by atoms with Gasteiger partial charge in [0.25, 0.3) is 5.91 Å². The molecule has 3 rings (SSSR count). The van der Waals surface area contributed by atoms with Gasteiger partial charge in [-0.1, -0.05) is 23.7 Å². The van der Waals surface area contributed by atoms with Crippen molar-refractivity contribution in [3.05, 3.63) is 52.6 Å². The first-order chi connectivity index (χ1) is 13.3. The maximum Gasteiger partial charge on any atom is 0.317 e. The zero-order chi connectivity index (χ0) is 20.3. The predicted octanol–water partition coefficient (Wildman–Crippen LogP) is 2.83. The molecule has 1 fully saturated rings. The number of likely N-dealkylation sites (N-methyl/N-ethyl adjacent to an activating group) is 1. The number of carbonyl (C=O) groups excluding carboxylic acids is 2. The number of aryl methyl sites for hydroxylation is 2. The van der Waals surface area contributed by atoms with Crippen LogP contribution in [-0.2, 0) is 13.6 Å². The number of urea groups is 1. The number of piperidine rings is 1. The highest BCUT2D eigenvalue weighted by atomic mass is 35.5. The molecule has 0 unspecified atom stereocenters. The van der Waals surface area contributed by atoms with Crippen LogP contribution < -0.4 is 5.32 Å². The lowest BCUT2D eigenvalue weighted by atomic mass is 10.0. The first-order valence-electron chi connectivity index (χ1n) is 9.38. The Labute approximate surface area is 170 Å². The highest BCUT2D eigenvalue weighted by Crippen LogP contribution is 2.18. The lowest BCUT2D eigenvalue weighted by Crippen LogP contribution is -2.52. The number of nitrogens with zero attached hydrogens (tertiary/aromatic N) is 4. The van der Waals surface area contributed by atoms with Crippen molar-refractivity contribution in [1.29, 1.82) is 0 Å². The van der Waals surface area contributed by atoms with Crippen molar-refractivity contribution < 1.29 is 9.59 Å². The lowest BCUT2D eigenvalue weighted by Gasteiger charge is -2.37. The number of likely N-dealkylation sites (tertiary alicyclic amines) is 1. The maximum atomic E-state index is 12.6. The van der Waals surface area contributed by atoms with Crippen LogP contribution in [0.3, 0.4) is 0 Å². The fraction of sp³-hybridized carbons (Fsp3) is 0.450. The van der Waals surface area contributed by atoms with Crippen LogP contribution in [0.15, 0.2) is 30.7 Å². The van der Waals surface area contributed by atoms with Gasteiger partial charge in [0, 0.05) is 44.9 Å². The molecule has 1 saturated heterocycles. The lowest BCUT2D eigenvalue weighted by molar-refractivity contribution is 0.0631. The summed E-state index contributed by atoms with van der Waals surface area (Å²) in [6.45, 7) is 3.57. The Hall–Kier alpha value is -2.54. The van der Waals surface area contributed by atoms with E-state index in [0.717, 1.165) is 24.0 Å². The van der Waals surface area contributed by atoms with Gasteiger partial charge in [-0.05, 0) is 37.0 Å². The van der Waals surface area contributed by atoms with Crippen molar-refractivity contribution in [2.24, 2.45) is 7.05 Å². The fourth-order valence-electron chi connectivity index (χ4n) is 3.43. The first-order valence-corrected chi connectivity index (χ1v) is 9.76. The molecular formula is C20H26ClN5O2. The molecule has 7 nitrogen and oxygen atoms in total. The average molecular weight is 404 g/mol. The van der Waals surface area contributed by atoms with Crippen LogP contribution in [0.25, 0.3) is 0 Å². The number of rotatable bonds is 4. The van der Waals surface area contributed by atoms with Crippen LogP contribution in [0.4, 0.5) is 4.79 Å². The summed E-state index contributed by atoms with van der Waals surface area (Å²) < 4.78 is 1.76. The number of imidazole rings is 1. The van der Waals surface area contributed by atoms with Crippen molar-refractivity contribution >= 4 is 23.5 Å². The van der Waals surface area contributed by atoms with E-state index in [-0.39, 0.29) is 18.0 Å². The Bertz CT molecular complexity index is 866. The number of hydrogen-bond donors (Lipinski definition) is 1. The zero-order valence-corrected chi connectivity index (χ0v) is 17.2. The van der Waals surface area contributed by atoms with Crippen LogP contribution in [0.2, 0.25) is 5.02 Å². The summed E-state index contributed by atoms with van der Waals surface area (Å²) in [7, 11) is 3.62. The molecule has 1 aliphatic heterocycles. The number of benzene rings is 1. The summed E-state index contributed by atoms with van der Waals surface area (Å²) in [6, 6.07) is 5.54. The number of nitrogens with one attached hydrogen (secondary N) is 1. The Balaban J connectivity index is 1.56. The minimum absolute atomic E-state index is 0.0200. The van der Waals surface area contributed by atoms with E-state index in [1.165, 1.54) is 0 Å². The van der Waals surface area contributed by atoms with Gasteiger partial charge in [-0.25, -0.2) is 9.78 Å². The monoisotopic (exact) mass is 403 g/mol. The minimum Gasteiger partial charge on any atom is -0.340 e. The molecule has 28 heavy (non-hydrogen) atoms. The Morgan fingerprint density at radius 3 is 2.86 bits per heavy atom. The SMILES string of the molecule is Cc1cc(CNC(=O)N(C)[C@@H]2CCCN(C(=O)c3cn(C)cn3)C2)ccc1Cl. The molecule has 8 heteroatoms. The van der Waals surface area contributed by atoms with Crippen LogP contribution in [-0.4, -0.2) is 57.5 Å². The fourth-order valence-corrected chi connectivity index (χ4v) is 3.54. The molecule has 2 aromatic rings. The molecule has 0 bridgehead atoms. The van der Waals surface area contributed by atoms with Crippen molar-refractivity contribution in [2.75, 3.05) is 20.1 Å². The van der Waals surface area contributed by atoms with Gasteiger partial charge in [-0.2, -0.15) is 0 Å². The predicted molar refractivity (Wildman–Crippen MR) is 108 cm³/mol. The average Bonchev–Trinajstić information content (AvgIpc) is 3.13. The number of amides is 3. The second-order valence-electron chi connectivity index (χ2n) is 7.32. The van der Waals surface area contributed by atoms with Gasteiger partial charge in [0.05, 0.1) is 12.4 Å². The largest absolute Gasteiger partial charge is 0.340 e. The molecule has 1 N–H and O–H groups in total. The van der Waals surface area contributed by atoms with E-state index in [1.807, 2.05) is 32.2 Å². The minimum atomic E-state index is -0.148. The summed E-state index contributed by atoms with van der Waals surface area (Å²) in [5.41, 5.74) is 2.42. The molecule has 0 spiro atoms. The van der Waals surface area contributed by atoms with E-state index < -0.39 is 0 Å². The third-order valence-corrected chi connectivity index (χ3v) is 5.57. The summed E-state index contributed by atoms with van der Waals surface area (Å²) in [6.07, 6.45) is 5.07. The summed E-state index contributed by atoms with van der Waals surface area (Å²) in [4.78, 5) is 32.8. The van der Waals surface area contributed by atoms with Gasteiger partial charge in [0.1, 0.15) is 5.69 Å². The third-order valence-electron chi connectivity index (χ3n) is 5.14. The Kier molecular flexibility index (Phi) is 6.24. The van der Waals surface area contributed by atoms with Gasteiger partial charge in [-0.15, -0.1) is 0 Å². The number of carbonyl (C=O) groups is 2. The molecule has 1 aliphatic rings. The molecule has 1 aromatic carbocycles. The third kappa shape index (κ3) is 4.65. The molecule has 150 valence electrons. The van der Waals surface area contributed by atoms with Gasteiger partial charge in [0.2, 0.25) is 0 Å². The Morgan fingerprint density at radius 2 is 2.18 bits per heavy atom. The smallest absolute Gasteiger partial charge is 0.317 e. The van der Waals surface area contributed by atoms with Gasteiger partial charge >= 0.3 is 6.03 Å². The van der Waals surface area contributed by atoms with Crippen LogP contribution in [0.5, 0.6) is 0 Å². The standard InChI is InChI=1S/C20H26ClN5O2/c1-14-9-15(6-7-17(14)21)10-22-20(28)25(3)16-5-4-8-26(11-16)19(27)18-12-24(2)13-23-18/h6-7,9,12-13,16H,4-5,8,10-11H2,1-3H3,(H,22,28)/t16-/m1/s1. The van der Waals surface area contributed by atoms with Crippen LogP contribution in [0, 0.1) is 6.92 Å². The molecular weight excluding hydrogens is 378 g/mol. The van der Waals surface area contributed by atoms with E-state index in [0.29, 0.717) is 30.4 Å². The van der Waals surface area contributed by atoms with Crippen molar-refractivity contribution in [3.63, 3.8) is 0 Å². The molecule has 0 aliphatic carbocycles. The van der Waals surface area contributed by atoms with Crippen LogP contribution >= 0.6 is 11.6 Å². The second-order valence-corrected chi connectivity index (χ2v) is 7.73. The topological polar surface area (TPSA) is 70.5 Å². The molecule has 1 atom stereocenters. The van der Waals surface area contributed by atoms with Crippen molar-refractivity contribution in [1.82, 2.24) is 24.7 Å². The summed E-state index contributed by atoms with van der Waals surface area (Å²) >= 11 is 6.05. The van der Waals surface area contributed by atoms with E-state index in [1.54, 1.807) is 33.9 Å². The first kappa shape index (κ1) is 20.2. The van der Waals surface area contributed by atoms with Gasteiger partial charge < -0.3 is 19.7 Å². The van der Waals surface area contributed by atoms with Crippen LogP contribution in [0.1, 0.15) is 34.5 Å². The molecule has 1 aromatic heterocycles. The number of halogens is 1. The van der Waals surface area contributed by atoms with Crippen molar-refractivity contribution in [2.45, 2.75) is 32.4 Å². The van der Waals surface area contributed by atoms with E-state index >= 15 is 0 Å².